The van der Waals surface area contributed by atoms with E-state index in [1.165, 1.54) is 38.5 Å². The molecule has 0 aliphatic heterocycles. The van der Waals surface area contributed by atoms with Crippen molar-refractivity contribution in [2.45, 2.75) is 90.9 Å². The Bertz CT molecular complexity index is 204. The molecule has 0 heteroatoms. The van der Waals surface area contributed by atoms with Gasteiger partial charge in [-0.3, -0.25) is 0 Å². The van der Waals surface area contributed by atoms with E-state index < -0.39 is 0 Å². The zero-order chi connectivity index (χ0) is 12.8. The van der Waals surface area contributed by atoms with Crippen LogP contribution in [0.25, 0.3) is 0 Å². The van der Waals surface area contributed by atoms with Crippen LogP contribution in [0.5, 0.6) is 0 Å². The van der Waals surface area contributed by atoms with Crippen LogP contribution in [0.15, 0.2) is 0 Å². The zero-order valence-electron chi connectivity index (χ0n) is 12.8. The fourth-order valence-electron chi connectivity index (χ4n) is 4.51. The Hall–Kier alpha value is 0. The van der Waals surface area contributed by atoms with Gasteiger partial charge in [0.05, 0.1) is 0 Å². The van der Waals surface area contributed by atoms with Crippen molar-refractivity contribution in [1.29, 1.82) is 0 Å². The summed E-state index contributed by atoms with van der Waals surface area (Å²) in [5.74, 6) is 4.39. The molecule has 0 aromatic rings. The number of hydrogen-bond donors (Lipinski definition) is 0. The van der Waals surface area contributed by atoms with E-state index in [-0.39, 0.29) is 0 Å². The molecule has 0 aromatic carbocycles. The summed E-state index contributed by atoms with van der Waals surface area (Å²) >= 11 is 0. The molecule has 0 aromatic heterocycles. The molecule has 0 spiro atoms. The first-order chi connectivity index (χ1) is 8.83. The topological polar surface area (TPSA) is 0 Å². The maximum absolute atomic E-state index is 2.38. The predicted molar refractivity (Wildman–Crippen MR) is 80.7 cm³/mol. The number of unbranched alkanes of at least 4 members (excludes halogenated alkanes) is 1. The van der Waals surface area contributed by atoms with Gasteiger partial charge >= 0.3 is 0 Å². The molecule has 106 valence electrons. The maximum atomic E-state index is 2.38. The van der Waals surface area contributed by atoms with Crippen LogP contribution in [0.3, 0.4) is 0 Å². The van der Waals surface area contributed by atoms with Crippen LogP contribution in [0.1, 0.15) is 90.9 Å². The van der Waals surface area contributed by atoms with E-state index in [2.05, 4.69) is 13.8 Å². The molecule has 0 saturated heterocycles. The van der Waals surface area contributed by atoms with Crippen LogP contribution in [0.2, 0.25) is 0 Å². The van der Waals surface area contributed by atoms with Crippen molar-refractivity contribution in [3.8, 4) is 0 Å². The van der Waals surface area contributed by atoms with Gasteiger partial charge < -0.3 is 0 Å². The fourth-order valence-corrected chi connectivity index (χ4v) is 4.51. The van der Waals surface area contributed by atoms with Crippen LogP contribution < -0.4 is 0 Å². The highest BCUT2D eigenvalue weighted by atomic mass is 14.4. The lowest BCUT2D eigenvalue weighted by Crippen LogP contribution is -2.25. The van der Waals surface area contributed by atoms with Crippen molar-refractivity contribution in [1.82, 2.24) is 0 Å². The molecule has 2 aliphatic rings. The Morgan fingerprint density at radius 1 is 0.667 bits per heavy atom. The van der Waals surface area contributed by atoms with Gasteiger partial charge in [-0.1, -0.05) is 65.2 Å². The molecule has 0 amide bonds. The second-order valence-electron chi connectivity index (χ2n) is 7.11. The molecular weight excluding hydrogens is 216 g/mol. The van der Waals surface area contributed by atoms with Gasteiger partial charge in [0.25, 0.3) is 0 Å². The largest absolute Gasteiger partial charge is 0.0654 e. The van der Waals surface area contributed by atoms with E-state index in [1.807, 2.05) is 0 Å². The molecule has 0 bridgehead atoms. The lowest BCUT2D eigenvalue weighted by molar-refractivity contribution is 0.142. The average Bonchev–Trinajstić information content (AvgIpc) is 2.46. The third kappa shape index (κ3) is 4.00. The fraction of sp³-hybridized carbons (Fsp3) is 1.00. The van der Waals surface area contributed by atoms with E-state index in [1.54, 1.807) is 38.5 Å². The van der Waals surface area contributed by atoms with E-state index >= 15 is 0 Å². The first-order valence-corrected chi connectivity index (χ1v) is 8.83. The van der Waals surface area contributed by atoms with Crippen molar-refractivity contribution < 1.29 is 0 Å². The van der Waals surface area contributed by atoms with Crippen molar-refractivity contribution >= 4 is 0 Å². The van der Waals surface area contributed by atoms with E-state index in [0.29, 0.717) is 0 Å². The summed E-state index contributed by atoms with van der Waals surface area (Å²) in [4.78, 5) is 0. The standard InChI is InChI=1S/C18H34/c1-3-5-6-16-9-13-18(14-10-16)17-11-7-15(4-2)8-12-17/h15-18H,3-14H2,1-2H3/t15-,16?,17-,18?. The summed E-state index contributed by atoms with van der Waals surface area (Å²) in [6.45, 7) is 4.71. The molecule has 0 nitrogen and oxygen atoms in total. The summed E-state index contributed by atoms with van der Waals surface area (Å²) in [6, 6.07) is 0. The first-order valence-electron chi connectivity index (χ1n) is 8.83. The summed E-state index contributed by atoms with van der Waals surface area (Å²) in [6.07, 6.45) is 18.2. The zero-order valence-corrected chi connectivity index (χ0v) is 12.8. The minimum absolute atomic E-state index is 1.07. The van der Waals surface area contributed by atoms with Crippen LogP contribution in [-0.4, -0.2) is 0 Å². The molecule has 18 heavy (non-hydrogen) atoms. The van der Waals surface area contributed by atoms with E-state index in [0.717, 1.165) is 23.7 Å². The monoisotopic (exact) mass is 250 g/mol. The van der Waals surface area contributed by atoms with Gasteiger partial charge in [-0.25, -0.2) is 0 Å². The summed E-state index contributed by atoms with van der Waals surface area (Å²) in [7, 11) is 0. The molecule has 2 saturated carbocycles. The van der Waals surface area contributed by atoms with Crippen molar-refractivity contribution in [3.05, 3.63) is 0 Å². The second kappa shape index (κ2) is 7.56. The van der Waals surface area contributed by atoms with Crippen LogP contribution in [0.4, 0.5) is 0 Å². The van der Waals surface area contributed by atoms with Gasteiger partial charge in [0.2, 0.25) is 0 Å². The van der Waals surface area contributed by atoms with E-state index in [4.69, 9.17) is 0 Å². The van der Waals surface area contributed by atoms with Crippen molar-refractivity contribution in [2.75, 3.05) is 0 Å². The van der Waals surface area contributed by atoms with E-state index in [9.17, 15) is 0 Å². The van der Waals surface area contributed by atoms with Crippen LogP contribution in [0, 0.1) is 23.7 Å². The minimum Gasteiger partial charge on any atom is -0.0654 e. The SMILES string of the molecule is CCCCC1CCC([C@H]2CC[C@H](CC)CC2)CC1. The molecule has 2 aliphatic carbocycles. The van der Waals surface area contributed by atoms with Gasteiger partial charge in [-0.2, -0.15) is 0 Å². The maximum Gasteiger partial charge on any atom is -0.0386 e. The molecule has 0 atom stereocenters. The van der Waals surface area contributed by atoms with Gasteiger partial charge in [0, 0.05) is 0 Å². The molecule has 0 radical (unpaired) electrons. The molecule has 0 N–H and O–H groups in total. The lowest BCUT2D eigenvalue weighted by atomic mass is 9.68. The molecule has 0 heterocycles. The Morgan fingerprint density at radius 3 is 1.61 bits per heavy atom. The average molecular weight is 250 g/mol. The van der Waals surface area contributed by atoms with Gasteiger partial charge in [-0.05, 0) is 49.4 Å². The smallest absolute Gasteiger partial charge is 0.0386 e. The van der Waals surface area contributed by atoms with Crippen molar-refractivity contribution in [3.63, 3.8) is 0 Å². The third-order valence-electron chi connectivity index (χ3n) is 5.99. The quantitative estimate of drug-likeness (QED) is 0.545. The highest BCUT2D eigenvalue weighted by Crippen LogP contribution is 2.42. The Morgan fingerprint density at radius 2 is 1.17 bits per heavy atom. The summed E-state index contributed by atoms with van der Waals surface area (Å²) in [5, 5.41) is 0. The molecular formula is C18H34. The van der Waals surface area contributed by atoms with Crippen LogP contribution >= 0.6 is 0 Å². The van der Waals surface area contributed by atoms with Gasteiger partial charge in [-0.15, -0.1) is 0 Å². The van der Waals surface area contributed by atoms with Crippen molar-refractivity contribution in [2.24, 2.45) is 23.7 Å². The minimum atomic E-state index is 1.07. The normalized spacial score (nSPS) is 37.7. The highest BCUT2D eigenvalue weighted by molar-refractivity contribution is 4.81. The molecule has 2 rings (SSSR count). The Kier molecular flexibility index (Phi) is 6.05. The van der Waals surface area contributed by atoms with Crippen LogP contribution in [-0.2, 0) is 0 Å². The Balaban J connectivity index is 1.67. The number of hydrogen-bond acceptors (Lipinski definition) is 0. The molecule has 0 unspecified atom stereocenters. The summed E-state index contributed by atoms with van der Waals surface area (Å²) < 4.78 is 0. The third-order valence-corrected chi connectivity index (χ3v) is 5.99. The predicted octanol–water partition coefficient (Wildman–Crippen LogP) is 6.20. The van der Waals surface area contributed by atoms with Gasteiger partial charge in [0.15, 0.2) is 0 Å². The Labute approximate surface area is 115 Å². The summed E-state index contributed by atoms with van der Waals surface area (Å²) in [5.41, 5.74) is 0. The molecule has 2 fully saturated rings. The second-order valence-corrected chi connectivity index (χ2v) is 7.11. The lowest BCUT2D eigenvalue weighted by Gasteiger charge is -2.37. The van der Waals surface area contributed by atoms with Gasteiger partial charge in [0.1, 0.15) is 0 Å². The first kappa shape index (κ1) is 14.4. The number of rotatable bonds is 5. The highest BCUT2D eigenvalue weighted by Gasteiger charge is 2.30.